The van der Waals surface area contributed by atoms with Crippen molar-refractivity contribution in [3.63, 3.8) is 0 Å². The minimum absolute atomic E-state index is 0.337. The fourth-order valence-corrected chi connectivity index (χ4v) is 0.735. The zero-order valence-corrected chi connectivity index (χ0v) is 8.98. The minimum Gasteiger partial charge on any atom is -0.450 e. The van der Waals surface area contributed by atoms with Crippen molar-refractivity contribution in [2.75, 3.05) is 0 Å². The average Bonchev–Trinajstić information content (AvgIpc) is 1.99. The Hall–Kier alpha value is -0.570. The Labute approximate surface area is 83.4 Å². The number of carbonyl (C=O) groups excluding carboxylic acids is 2. The Kier molecular flexibility index (Phi) is 4.99. The molecule has 0 radical (unpaired) electrons. The highest BCUT2D eigenvalue weighted by Crippen LogP contribution is 2.14. The van der Waals surface area contributed by atoms with Gasteiger partial charge in [-0.2, -0.15) is 0 Å². The van der Waals surface area contributed by atoms with Gasteiger partial charge in [0.1, 0.15) is 0 Å². The van der Waals surface area contributed by atoms with E-state index in [1.54, 1.807) is 0 Å². The molecule has 0 amide bonds. The van der Waals surface area contributed by atoms with Crippen molar-refractivity contribution < 1.29 is 14.3 Å². The summed E-state index contributed by atoms with van der Waals surface area (Å²) < 4.78 is 4.88. The molecule has 0 fully saturated rings. The van der Waals surface area contributed by atoms with Gasteiger partial charge in [0.25, 0.3) is 5.24 Å². The van der Waals surface area contributed by atoms with E-state index in [-0.39, 0.29) is 5.97 Å². The molecule has 76 valence electrons. The third kappa shape index (κ3) is 4.88. The Morgan fingerprint density at radius 1 is 1.38 bits per heavy atom. The van der Waals surface area contributed by atoms with Crippen molar-refractivity contribution in [2.24, 2.45) is 0 Å². The van der Waals surface area contributed by atoms with E-state index >= 15 is 0 Å². The fraction of sp³-hybridized carbons (Fsp3) is 0.778. The van der Waals surface area contributed by atoms with Crippen LogP contribution < -0.4 is 0 Å². The number of ether oxygens (including phenoxy) is 1. The van der Waals surface area contributed by atoms with Crippen molar-refractivity contribution in [2.45, 2.75) is 45.6 Å². The highest BCUT2D eigenvalue weighted by Gasteiger charge is 2.29. The fourth-order valence-electron chi connectivity index (χ4n) is 0.697. The Morgan fingerprint density at radius 2 is 1.92 bits per heavy atom. The lowest BCUT2D eigenvalue weighted by molar-refractivity contribution is -0.160. The van der Waals surface area contributed by atoms with Gasteiger partial charge >= 0.3 is 5.97 Å². The lowest BCUT2D eigenvalue weighted by Crippen LogP contribution is -2.34. The molecule has 0 bridgehead atoms. The molecule has 0 unspecified atom stereocenters. The van der Waals surface area contributed by atoms with Gasteiger partial charge in [0.2, 0.25) is 0 Å². The lowest BCUT2D eigenvalue weighted by Gasteiger charge is -2.20. The van der Waals surface area contributed by atoms with Crippen LogP contribution in [0.4, 0.5) is 0 Å². The van der Waals surface area contributed by atoms with Crippen LogP contribution in [0.25, 0.3) is 0 Å². The Balaban J connectivity index is 3.97. The summed E-state index contributed by atoms with van der Waals surface area (Å²) in [6, 6.07) is 0. The van der Waals surface area contributed by atoms with Gasteiger partial charge in [-0.3, -0.25) is 9.59 Å². The molecule has 0 aromatic rings. The SMILES string of the molecule is CCCCC(=O)OC(C)(C)C(=O)Cl. The van der Waals surface area contributed by atoms with E-state index in [4.69, 9.17) is 16.3 Å². The molecule has 4 heteroatoms. The molecule has 0 aromatic heterocycles. The molecule has 0 saturated heterocycles. The molecule has 0 aliphatic rings. The van der Waals surface area contributed by atoms with Crippen LogP contribution in [0.15, 0.2) is 0 Å². The maximum Gasteiger partial charge on any atom is 0.306 e. The summed E-state index contributed by atoms with van der Waals surface area (Å²) in [6.07, 6.45) is 2.03. The third-order valence-electron chi connectivity index (χ3n) is 1.58. The smallest absolute Gasteiger partial charge is 0.306 e. The van der Waals surface area contributed by atoms with Gasteiger partial charge in [-0.05, 0) is 31.9 Å². The van der Waals surface area contributed by atoms with E-state index in [9.17, 15) is 9.59 Å². The summed E-state index contributed by atoms with van der Waals surface area (Å²) in [5.74, 6) is -0.374. The van der Waals surface area contributed by atoms with Crippen molar-refractivity contribution >= 4 is 22.8 Å². The van der Waals surface area contributed by atoms with Crippen LogP contribution in [0.3, 0.4) is 0 Å². The van der Waals surface area contributed by atoms with Crippen molar-refractivity contribution in [1.29, 1.82) is 0 Å². The molecule has 0 aromatic carbocycles. The molecule has 3 nitrogen and oxygen atoms in total. The van der Waals surface area contributed by atoms with Crippen LogP contribution in [0.2, 0.25) is 0 Å². The van der Waals surface area contributed by atoms with Crippen LogP contribution >= 0.6 is 11.6 Å². The summed E-state index contributed by atoms with van der Waals surface area (Å²) in [4.78, 5) is 21.9. The third-order valence-corrected chi connectivity index (χ3v) is 2.03. The Morgan fingerprint density at radius 3 is 2.31 bits per heavy atom. The maximum absolute atomic E-state index is 11.1. The molecule has 0 aliphatic heterocycles. The zero-order valence-electron chi connectivity index (χ0n) is 8.22. The van der Waals surface area contributed by atoms with Crippen LogP contribution in [0.1, 0.15) is 40.0 Å². The van der Waals surface area contributed by atoms with Gasteiger partial charge in [-0.15, -0.1) is 0 Å². The number of hydrogen-bond donors (Lipinski definition) is 0. The van der Waals surface area contributed by atoms with E-state index in [0.29, 0.717) is 6.42 Å². The van der Waals surface area contributed by atoms with Crippen LogP contribution in [0, 0.1) is 0 Å². The van der Waals surface area contributed by atoms with Gasteiger partial charge < -0.3 is 4.74 Å². The monoisotopic (exact) mass is 206 g/mol. The molecule has 0 atom stereocenters. The summed E-state index contributed by atoms with van der Waals surface area (Å²) in [6.45, 7) is 4.93. The number of carbonyl (C=O) groups is 2. The van der Waals surface area contributed by atoms with E-state index in [1.165, 1.54) is 13.8 Å². The standard InChI is InChI=1S/C9H15ClO3/c1-4-5-6-7(11)13-9(2,3)8(10)12/h4-6H2,1-3H3. The van der Waals surface area contributed by atoms with Crippen LogP contribution in [-0.2, 0) is 14.3 Å². The molecule has 0 N–H and O–H groups in total. The molecule has 13 heavy (non-hydrogen) atoms. The lowest BCUT2D eigenvalue weighted by atomic mass is 10.1. The second-order valence-electron chi connectivity index (χ2n) is 3.36. The molecule has 0 rings (SSSR count). The molecule has 0 spiro atoms. The van der Waals surface area contributed by atoms with Gasteiger partial charge in [0.05, 0.1) is 0 Å². The zero-order chi connectivity index (χ0) is 10.5. The van der Waals surface area contributed by atoms with E-state index < -0.39 is 10.8 Å². The second-order valence-corrected chi connectivity index (χ2v) is 3.70. The van der Waals surface area contributed by atoms with E-state index in [0.717, 1.165) is 12.8 Å². The molecule has 0 saturated carbocycles. The van der Waals surface area contributed by atoms with E-state index in [1.807, 2.05) is 6.92 Å². The van der Waals surface area contributed by atoms with Crippen molar-refractivity contribution in [1.82, 2.24) is 0 Å². The Bertz CT molecular complexity index is 199. The highest BCUT2D eigenvalue weighted by atomic mass is 35.5. The predicted molar refractivity (Wildman–Crippen MR) is 50.6 cm³/mol. The van der Waals surface area contributed by atoms with Gasteiger partial charge in [-0.25, -0.2) is 0 Å². The largest absolute Gasteiger partial charge is 0.450 e. The summed E-state index contributed by atoms with van der Waals surface area (Å²) in [5, 5.41) is -0.655. The summed E-state index contributed by atoms with van der Waals surface area (Å²) in [7, 11) is 0. The van der Waals surface area contributed by atoms with Crippen molar-refractivity contribution in [3.05, 3.63) is 0 Å². The first kappa shape index (κ1) is 12.4. The number of halogens is 1. The van der Waals surface area contributed by atoms with Gasteiger partial charge in [0.15, 0.2) is 5.60 Å². The van der Waals surface area contributed by atoms with Gasteiger partial charge in [-0.1, -0.05) is 13.3 Å². The average molecular weight is 207 g/mol. The number of rotatable bonds is 5. The van der Waals surface area contributed by atoms with E-state index in [2.05, 4.69) is 0 Å². The quantitative estimate of drug-likeness (QED) is 0.512. The number of esters is 1. The minimum atomic E-state index is -1.20. The first-order valence-corrected chi connectivity index (χ1v) is 4.69. The van der Waals surface area contributed by atoms with Crippen molar-refractivity contribution in [3.8, 4) is 0 Å². The summed E-state index contributed by atoms with van der Waals surface area (Å²) >= 11 is 5.23. The van der Waals surface area contributed by atoms with Gasteiger partial charge in [0, 0.05) is 6.42 Å². The van der Waals surface area contributed by atoms with Crippen LogP contribution in [0.5, 0.6) is 0 Å². The molecular weight excluding hydrogens is 192 g/mol. The maximum atomic E-state index is 11.1. The number of unbranched alkanes of at least 4 members (excludes halogenated alkanes) is 1. The summed E-state index contributed by atoms with van der Waals surface area (Å²) in [5.41, 5.74) is -1.20. The molecule has 0 heterocycles. The topological polar surface area (TPSA) is 43.4 Å². The second kappa shape index (κ2) is 5.22. The first-order chi connectivity index (χ1) is 5.90. The molecule has 0 aliphatic carbocycles. The number of hydrogen-bond acceptors (Lipinski definition) is 3. The molecular formula is C9H15ClO3. The first-order valence-electron chi connectivity index (χ1n) is 4.32. The highest BCUT2D eigenvalue weighted by molar-refractivity contribution is 6.65. The normalized spacial score (nSPS) is 11.1. The predicted octanol–water partition coefficient (Wildman–Crippen LogP) is 2.26. The van der Waals surface area contributed by atoms with Crippen LogP contribution in [-0.4, -0.2) is 16.8 Å².